The van der Waals surface area contributed by atoms with Crippen molar-refractivity contribution in [2.24, 2.45) is 0 Å². The lowest BCUT2D eigenvalue weighted by Crippen LogP contribution is -2.33. The van der Waals surface area contributed by atoms with E-state index in [1.54, 1.807) is 23.9 Å². The minimum atomic E-state index is -0.250. The van der Waals surface area contributed by atoms with E-state index in [0.29, 0.717) is 6.54 Å². The van der Waals surface area contributed by atoms with Crippen molar-refractivity contribution < 1.29 is 9.50 Å². The van der Waals surface area contributed by atoms with Crippen LogP contribution in [0.4, 0.5) is 4.39 Å². The van der Waals surface area contributed by atoms with E-state index in [4.69, 9.17) is 5.11 Å². The highest BCUT2D eigenvalue weighted by molar-refractivity contribution is 7.99. The van der Waals surface area contributed by atoms with Crippen molar-refractivity contribution in [2.45, 2.75) is 37.4 Å². The molecule has 2 heterocycles. The third-order valence-corrected chi connectivity index (χ3v) is 5.78. The fourth-order valence-corrected chi connectivity index (χ4v) is 4.22. The van der Waals surface area contributed by atoms with Gasteiger partial charge in [0, 0.05) is 24.5 Å². The maximum Gasteiger partial charge on any atom is 0.195 e. The van der Waals surface area contributed by atoms with E-state index < -0.39 is 0 Å². The van der Waals surface area contributed by atoms with Gasteiger partial charge in [-0.15, -0.1) is 10.2 Å². The molecule has 0 aliphatic carbocycles. The molecule has 0 unspecified atom stereocenters. The summed E-state index contributed by atoms with van der Waals surface area (Å²) in [6.07, 6.45) is 3.72. The number of hydrogen-bond donors (Lipinski definition) is 2. The first kappa shape index (κ1) is 20.3. The molecule has 3 rings (SSSR count). The van der Waals surface area contributed by atoms with E-state index in [2.05, 4.69) is 31.9 Å². The summed E-state index contributed by atoms with van der Waals surface area (Å²) >= 11 is 1.61. The van der Waals surface area contributed by atoms with Crippen LogP contribution in [0.15, 0.2) is 29.4 Å². The number of benzene rings is 1. The molecule has 1 aliphatic rings. The van der Waals surface area contributed by atoms with E-state index in [1.807, 2.05) is 0 Å². The first-order valence-corrected chi connectivity index (χ1v) is 10.6. The van der Waals surface area contributed by atoms with Gasteiger partial charge in [0.2, 0.25) is 0 Å². The van der Waals surface area contributed by atoms with Gasteiger partial charge < -0.3 is 10.4 Å². The number of nitrogens with zero attached hydrogens (tertiary/aromatic N) is 4. The smallest absolute Gasteiger partial charge is 0.195 e. The van der Waals surface area contributed by atoms with E-state index in [9.17, 15) is 4.39 Å². The Labute approximate surface area is 164 Å². The van der Waals surface area contributed by atoms with Gasteiger partial charge in [-0.3, -0.25) is 9.47 Å². The van der Waals surface area contributed by atoms with Crippen LogP contribution in [0.5, 0.6) is 0 Å². The molecule has 0 saturated carbocycles. The molecule has 1 atom stereocenters. The third kappa shape index (κ3) is 5.28. The third-order valence-electron chi connectivity index (χ3n) is 4.85. The van der Waals surface area contributed by atoms with Crippen LogP contribution in [0.1, 0.15) is 38.1 Å². The van der Waals surface area contributed by atoms with Crippen molar-refractivity contribution in [3.63, 3.8) is 0 Å². The van der Waals surface area contributed by atoms with E-state index in [-0.39, 0.29) is 18.5 Å². The lowest BCUT2D eigenvalue weighted by atomic mass is 10.1. The van der Waals surface area contributed by atoms with Crippen LogP contribution >= 0.6 is 11.8 Å². The molecule has 8 heteroatoms. The molecule has 2 aromatic rings. The normalized spacial score (nSPS) is 16.6. The average Bonchev–Trinajstić information content (AvgIpc) is 3.12. The van der Waals surface area contributed by atoms with Gasteiger partial charge in [-0.1, -0.05) is 18.2 Å². The minimum absolute atomic E-state index is 0.133. The molecule has 0 spiro atoms. The highest BCUT2D eigenvalue weighted by Crippen LogP contribution is 2.29. The second kappa shape index (κ2) is 10.2. The fourth-order valence-electron chi connectivity index (χ4n) is 3.37. The van der Waals surface area contributed by atoms with Crippen molar-refractivity contribution in [3.05, 3.63) is 35.9 Å². The molecule has 1 aliphatic heterocycles. The molecule has 1 saturated heterocycles. The molecule has 1 fully saturated rings. The molecule has 27 heavy (non-hydrogen) atoms. The Hall–Kier alpha value is -1.48. The van der Waals surface area contributed by atoms with Gasteiger partial charge in [0.25, 0.3) is 0 Å². The van der Waals surface area contributed by atoms with Gasteiger partial charge in [-0.25, -0.2) is 4.39 Å². The second-order valence-corrected chi connectivity index (χ2v) is 7.81. The number of piperidine rings is 1. The molecular weight excluding hydrogens is 365 g/mol. The lowest BCUT2D eigenvalue weighted by molar-refractivity contribution is 0.167. The summed E-state index contributed by atoms with van der Waals surface area (Å²) in [5.41, 5.74) is 0.881. The Morgan fingerprint density at radius 2 is 1.89 bits per heavy atom. The van der Waals surface area contributed by atoms with Crippen molar-refractivity contribution in [1.29, 1.82) is 0 Å². The van der Waals surface area contributed by atoms with Gasteiger partial charge in [-0.05, 0) is 57.1 Å². The number of aliphatic hydroxyl groups is 1. The van der Waals surface area contributed by atoms with Crippen LogP contribution < -0.4 is 5.32 Å². The number of thioether (sulfide) groups is 1. The number of likely N-dealkylation sites (tertiary alicyclic amines) is 1. The molecule has 0 radical (unpaired) electrons. The first-order valence-electron chi connectivity index (χ1n) is 9.60. The Bertz CT molecular complexity index is 703. The number of halogens is 1. The van der Waals surface area contributed by atoms with Crippen LogP contribution in [-0.2, 0) is 0 Å². The van der Waals surface area contributed by atoms with Crippen LogP contribution in [0, 0.1) is 5.82 Å². The second-order valence-electron chi connectivity index (χ2n) is 6.75. The molecular formula is C19H28FN5OS. The highest BCUT2D eigenvalue weighted by Gasteiger charge is 2.25. The number of hydrogen-bond acceptors (Lipinski definition) is 6. The van der Waals surface area contributed by atoms with Crippen LogP contribution in [0.25, 0.3) is 5.69 Å². The van der Waals surface area contributed by atoms with Crippen molar-refractivity contribution >= 4 is 11.8 Å². The van der Waals surface area contributed by atoms with Crippen molar-refractivity contribution in [3.8, 4) is 5.69 Å². The van der Waals surface area contributed by atoms with E-state index in [0.717, 1.165) is 42.1 Å². The predicted molar refractivity (Wildman–Crippen MR) is 106 cm³/mol. The lowest BCUT2D eigenvalue weighted by Gasteiger charge is -2.31. The minimum Gasteiger partial charge on any atom is -0.395 e. The maximum absolute atomic E-state index is 13.4. The highest BCUT2D eigenvalue weighted by atomic mass is 32.2. The molecule has 0 amide bonds. The fraction of sp³-hybridized carbons (Fsp3) is 0.579. The maximum atomic E-state index is 13.4. The summed E-state index contributed by atoms with van der Waals surface area (Å²) in [5.74, 6) is 1.46. The van der Waals surface area contributed by atoms with Gasteiger partial charge in [0.15, 0.2) is 11.0 Å². The standard InChI is InChI=1S/C19H28FN5OS/c1-15(24-11-3-2-4-12-24)18-22-23-19(27-14-10-21-9-13-26)25(18)17-7-5-16(20)6-8-17/h5-8,15,21,26H,2-4,9-14H2,1H3/t15-/m0/s1. The summed E-state index contributed by atoms with van der Waals surface area (Å²) in [5, 5.41) is 21.8. The average molecular weight is 394 g/mol. The summed E-state index contributed by atoms with van der Waals surface area (Å²) in [6, 6.07) is 6.66. The zero-order valence-electron chi connectivity index (χ0n) is 15.8. The van der Waals surface area contributed by atoms with E-state index in [1.165, 1.54) is 31.4 Å². The molecule has 1 aromatic heterocycles. The largest absolute Gasteiger partial charge is 0.395 e. The molecule has 6 nitrogen and oxygen atoms in total. The number of aliphatic hydroxyl groups excluding tert-OH is 1. The van der Waals surface area contributed by atoms with Gasteiger partial charge in [0.05, 0.1) is 12.6 Å². The molecule has 0 bridgehead atoms. The Kier molecular flexibility index (Phi) is 7.63. The topological polar surface area (TPSA) is 66.2 Å². The zero-order valence-corrected chi connectivity index (χ0v) is 16.6. The summed E-state index contributed by atoms with van der Waals surface area (Å²) in [6.45, 7) is 5.82. The number of nitrogens with one attached hydrogen (secondary N) is 1. The van der Waals surface area contributed by atoms with Gasteiger partial charge >= 0.3 is 0 Å². The summed E-state index contributed by atoms with van der Waals surface area (Å²) in [7, 11) is 0. The summed E-state index contributed by atoms with van der Waals surface area (Å²) < 4.78 is 15.5. The Morgan fingerprint density at radius 3 is 2.59 bits per heavy atom. The van der Waals surface area contributed by atoms with E-state index >= 15 is 0 Å². The monoisotopic (exact) mass is 393 g/mol. The Balaban J connectivity index is 1.82. The van der Waals surface area contributed by atoms with Crippen LogP contribution in [-0.4, -0.2) is 63.3 Å². The molecule has 2 N–H and O–H groups in total. The van der Waals surface area contributed by atoms with Gasteiger partial charge in [0.1, 0.15) is 5.82 Å². The quantitative estimate of drug-likeness (QED) is 0.504. The SMILES string of the molecule is C[C@@H](c1nnc(SCCNCCO)n1-c1ccc(F)cc1)N1CCCCC1. The predicted octanol–water partition coefficient (Wildman–Crippen LogP) is 2.63. The number of aromatic nitrogens is 3. The summed E-state index contributed by atoms with van der Waals surface area (Å²) in [4.78, 5) is 2.45. The first-order chi connectivity index (χ1) is 13.2. The van der Waals surface area contributed by atoms with Crippen molar-refractivity contribution in [2.75, 3.05) is 38.5 Å². The van der Waals surface area contributed by atoms with Crippen molar-refractivity contribution in [1.82, 2.24) is 25.0 Å². The van der Waals surface area contributed by atoms with Crippen LogP contribution in [0.3, 0.4) is 0 Å². The zero-order chi connectivity index (χ0) is 19.1. The molecule has 1 aromatic carbocycles. The number of rotatable bonds is 9. The van der Waals surface area contributed by atoms with Crippen LogP contribution in [0.2, 0.25) is 0 Å². The Morgan fingerprint density at radius 1 is 1.15 bits per heavy atom. The van der Waals surface area contributed by atoms with Gasteiger partial charge in [-0.2, -0.15) is 0 Å². The molecule has 148 valence electrons.